The molecule has 2 heterocycles. The van der Waals surface area contributed by atoms with Crippen molar-refractivity contribution in [1.82, 2.24) is 15.2 Å². The van der Waals surface area contributed by atoms with Gasteiger partial charge in [0.15, 0.2) is 0 Å². The Morgan fingerprint density at radius 3 is 2.44 bits per heavy atom. The molecule has 0 saturated carbocycles. The molecule has 0 bridgehead atoms. The second kappa shape index (κ2) is 6.47. The molecular formula is C19H18FN3O2. The number of pyridine rings is 1. The van der Waals surface area contributed by atoms with Crippen molar-refractivity contribution in [1.29, 1.82) is 0 Å². The van der Waals surface area contributed by atoms with Crippen LogP contribution in [0.4, 0.5) is 9.18 Å². The number of amides is 3. The number of hydrogen-bond donors (Lipinski definition) is 1. The van der Waals surface area contributed by atoms with Crippen molar-refractivity contribution in [3.8, 4) is 11.3 Å². The van der Waals surface area contributed by atoms with Gasteiger partial charge >= 0.3 is 6.03 Å². The summed E-state index contributed by atoms with van der Waals surface area (Å²) in [5.74, 6) is -0.529. The fourth-order valence-corrected chi connectivity index (χ4v) is 2.57. The summed E-state index contributed by atoms with van der Waals surface area (Å²) < 4.78 is 13.0. The topological polar surface area (TPSA) is 62.3 Å². The summed E-state index contributed by atoms with van der Waals surface area (Å²) in [5.41, 5.74) is 1.56. The third-order valence-corrected chi connectivity index (χ3v) is 3.97. The molecule has 25 heavy (non-hydrogen) atoms. The Bertz CT molecular complexity index is 827. The minimum absolute atomic E-state index is 0.202. The maximum absolute atomic E-state index is 13.0. The number of hydrogen-bond acceptors (Lipinski definition) is 3. The summed E-state index contributed by atoms with van der Waals surface area (Å²) in [4.78, 5) is 29.4. The lowest BCUT2D eigenvalue weighted by molar-refractivity contribution is -0.129. The summed E-state index contributed by atoms with van der Waals surface area (Å²) >= 11 is 0. The number of nitrogens with one attached hydrogen (secondary N) is 1. The zero-order valence-corrected chi connectivity index (χ0v) is 14.0. The van der Waals surface area contributed by atoms with E-state index in [2.05, 4.69) is 10.3 Å². The molecule has 3 amide bonds. The molecular weight excluding hydrogens is 321 g/mol. The van der Waals surface area contributed by atoms with Crippen LogP contribution >= 0.6 is 0 Å². The van der Waals surface area contributed by atoms with Crippen molar-refractivity contribution in [2.24, 2.45) is 0 Å². The maximum atomic E-state index is 13.0. The van der Waals surface area contributed by atoms with E-state index in [1.54, 1.807) is 44.3 Å². The van der Waals surface area contributed by atoms with Crippen LogP contribution in [-0.2, 0) is 4.79 Å². The van der Waals surface area contributed by atoms with E-state index in [1.165, 1.54) is 17.0 Å². The monoisotopic (exact) mass is 339 g/mol. The van der Waals surface area contributed by atoms with E-state index in [0.29, 0.717) is 0 Å². The summed E-state index contributed by atoms with van der Waals surface area (Å²) in [5, 5.41) is 2.64. The number of carbonyl (C=O) groups excluding carboxylic acids is 2. The highest BCUT2D eigenvalue weighted by Crippen LogP contribution is 2.19. The molecule has 1 N–H and O–H groups in total. The van der Waals surface area contributed by atoms with Crippen molar-refractivity contribution >= 4 is 18.0 Å². The second-order valence-corrected chi connectivity index (χ2v) is 6.36. The Kier molecular flexibility index (Phi) is 4.35. The van der Waals surface area contributed by atoms with Crippen LogP contribution in [0.15, 0.2) is 48.7 Å². The van der Waals surface area contributed by atoms with Crippen molar-refractivity contribution in [2.75, 3.05) is 6.54 Å². The molecule has 0 radical (unpaired) electrons. The lowest BCUT2D eigenvalue weighted by atomic mass is 10.1. The Morgan fingerprint density at radius 1 is 1.16 bits per heavy atom. The van der Waals surface area contributed by atoms with Crippen LogP contribution < -0.4 is 5.32 Å². The first-order valence-electron chi connectivity index (χ1n) is 7.89. The number of halogens is 1. The van der Waals surface area contributed by atoms with Gasteiger partial charge in [0.25, 0.3) is 5.91 Å². The van der Waals surface area contributed by atoms with E-state index < -0.39 is 5.54 Å². The first-order chi connectivity index (χ1) is 11.9. The third kappa shape index (κ3) is 3.57. The SMILES string of the molecule is CC1(C)NC(=O)N(C/C=C/c2ccc(-c3ccc(F)cc3)nc2)C1=O. The van der Waals surface area contributed by atoms with E-state index in [-0.39, 0.29) is 24.3 Å². The summed E-state index contributed by atoms with van der Waals surface area (Å²) in [7, 11) is 0. The normalized spacial score (nSPS) is 16.5. The van der Waals surface area contributed by atoms with Gasteiger partial charge in [0, 0.05) is 18.3 Å². The van der Waals surface area contributed by atoms with Crippen molar-refractivity contribution in [2.45, 2.75) is 19.4 Å². The average molecular weight is 339 g/mol. The molecule has 1 saturated heterocycles. The molecule has 0 atom stereocenters. The molecule has 1 aliphatic heterocycles. The zero-order chi connectivity index (χ0) is 18.0. The Balaban J connectivity index is 1.66. The summed E-state index contributed by atoms with van der Waals surface area (Å²) in [6, 6.07) is 9.46. The highest BCUT2D eigenvalue weighted by atomic mass is 19.1. The van der Waals surface area contributed by atoms with Gasteiger partial charge < -0.3 is 5.32 Å². The van der Waals surface area contributed by atoms with Gasteiger partial charge in [0.05, 0.1) is 5.69 Å². The molecule has 1 aromatic heterocycles. The fourth-order valence-electron chi connectivity index (χ4n) is 2.57. The number of benzene rings is 1. The molecule has 1 fully saturated rings. The van der Waals surface area contributed by atoms with Crippen LogP contribution in [0.25, 0.3) is 17.3 Å². The van der Waals surface area contributed by atoms with Gasteiger partial charge in [0.2, 0.25) is 0 Å². The van der Waals surface area contributed by atoms with Gasteiger partial charge in [-0.25, -0.2) is 9.18 Å². The number of carbonyl (C=O) groups is 2. The van der Waals surface area contributed by atoms with Crippen molar-refractivity contribution in [3.63, 3.8) is 0 Å². The Labute approximate surface area is 145 Å². The largest absolute Gasteiger partial charge is 0.325 e. The van der Waals surface area contributed by atoms with E-state index in [4.69, 9.17) is 0 Å². The highest BCUT2D eigenvalue weighted by Gasteiger charge is 2.43. The van der Waals surface area contributed by atoms with Gasteiger partial charge in [-0.15, -0.1) is 0 Å². The maximum Gasteiger partial charge on any atom is 0.325 e. The first kappa shape index (κ1) is 16.8. The predicted molar refractivity (Wildman–Crippen MR) is 93.0 cm³/mol. The standard InChI is InChI=1S/C19H18FN3O2/c1-19(2)17(24)23(18(25)22-19)11-3-4-13-5-10-16(21-12-13)14-6-8-15(20)9-7-14/h3-10,12H,11H2,1-2H3,(H,22,25)/b4-3+. The van der Waals surface area contributed by atoms with E-state index >= 15 is 0 Å². The molecule has 1 aromatic carbocycles. The Morgan fingerprint density at radius 2 is 1.88 bits per heavy atom. The molecule has 5 nitrogen and oxygen atoms in total. The quantitative estimate of drug-likeness (QED) is 0.870. The summed E-state index contributed by atoms with van der Waals surface area (Å²) in [6.45, 7) is 3.55. The summed E-state index contributed by atoms with van der Waals surface area (Å²) in [6.07, 6.45) is 5.23. The number of rotatable bonds is 4. The van der Waals surface area contributed by atoms with E-state index in [1.807, 2.05) is 12.1 Å². The van der Waals surface area contributed by atoms with Crippen LogP contribution in [0.3, 0.4) is 0 Å². The van der Waals surface area contributed by atoms with Gasteiger partial charge in [-0.3, -0.25) is 14.7 Å². The van der Waals surface area contributed by atoms with E-state index in [9.17, 15) is 14.0 Å². The van der Waals surface area contributed by atoms with Crippen molar-refractivity contribution < 1.29 is 14.0 Å². The van der Waals surface area contributed by atoms with Crippen LogP contribution in [0.2, 0.25) is 0 Å². The smallest absolute Gasteiger partial charge is 0.324 e. The molecule has 128 valence electrons. The molecule has 3 rings (SSSR count). The minimum Gasteiger partial charge on any atom is -0.324 e. The molecule has 0 aliphatic carbocycles. The molecule has 6 heteroatoms. The molecule has 1 aliphatic rings. The Hall–Kier alpha value is -3.02. The first-order valence-corrected chi connectivity index (χ1v) is 7.89. The fraction of sp³-hybridized carbons (Fsp3) is 0.211. The predicted octanol–water partition coefficient (Wildman–Crippen LogP) is 3.23. The molecule has 2 aromatic rings. The second-order valence-electron chi connectivity index (χ2n) is 6.36. The van der Waals surface area contributed by atoms with Gasteiger partial charge in [-0.05, 0) is 49.7 Å². The number of imide groups is 1. The number of urea groups is 1. The highest BCUT2D eigenvalue weighted by molar-refractivity contribution is 6.06. The van der Waals surface area contributed by atoms with E-state index in [0.717, 1.165) is 16.8 Å². The average Bonchev–Trinajstić information content (AvgIpc) is 2.78. The van der Waals surface area contributed by atoms with Crippen LogP contribution in [0, 0.1) is 5.82 Å². The van der Waals surface area contributed by atoms with Gasteiger partial charge in [-0.1, -0.05) is 18.2 Å². The van der Waals surface area contributed by atoms with Crippen LogP contribution in [-0.4, -0.2) is 33.9 Å². The zero-order valence-electron chi connectivity index (χ0n) is 14.0. The lowest BCUT2D eigenvalue weighted by Crippen LogP contribution is -2.40. The number of aromatic nitrogens is 1. The van der Waals surface area contributed by atoms with Crippen LogP contribution in [0.5, 0.6) is 0 Å². The third-order valence-electron chi connectivity index (χ3n) is 3.97. The number of nitrogens with zero attached hydrogens (tertiary/aromatic N) is 2. The minimum atomic E-state index is -0.858. The van der Waals surface area contributed by atoms with Gasteiger partial charge in [0.1, 0.15) is 11.4 Å². The lowest BCUT2D eigenvalue weighted by Gasteiger charge is -2.14. The van der Waals surface area contributed by atoms with Gasteiger partial charge in [-0.2, -0.15) is 0 Å². The molecule has 0 spiro atoms. The van der Waals surface area contributed by atoms with Crippen molar-refractivity contribution in [3.05, 3.63) is 60.1 Å². The van der Waals surface area contributed by atoms with Crippen LogP contribution in [0.1, 0.15) is 19.4 Å². The molecule has 0 unspecified atom stereocenters.